The topological polar surface area (TPSA) is 29.3 Å². The van der Waals surface area contributed by atoms with E-state index in [1.54, 1.807) is 23.1 Å². The number of aromatic nitrogens is 2. The number of thioether (sulfide) groups is 1. The molecule has 2 aromatic carbocycles. The van der Waals surface area contributed by atoms with Crippen LogP contribution in [0.3, 0.4) is 0 Å². The molecule has 0 saturated carbocycles. The van der Waals surface area contributed by atoms with Gasteiger partial charge in [-0.05, 0) is 30.5 Å². The number of para-hydroxylation sites is 1. The predicted molar refractivity (Wildman–Crippen MR) is 100 cm³/mol. The van der Waals surface area contributed by atoms with Gasteiger partial charge in [0.15, 0.2) is 4.96 Å². The van der Waals surface area contributed by atoms with Crippen molar-refractivity contribution < 1.29 is 0 Å². The van der Waals surface area contributed by atoms with E-state index in [1.165, 1.54) is 4.90 Å². The Bertz CT molecular complexity index is 924. The normalized spacial score (nSPS) is 11.0. The van der Waals surface area contributed by atoms with Crippen molar-refractivity contribution in [3.05, 3.63) is 66.2 Å². The molecule has 0 aliphatic heterocycles. The van der Waals surface area contributed by atoms with E-state index in [4.69, 9.17) is 4.98 Å². The fourth-order valence-electron chi connectivity index (χ4n) is 2.51. The van der Waals surface area contributed by atoms with E-state index in [-0.39, 0.29) is 0 Å². The van der Waals surface area contributed by atoms with E-state index in [9.17, 15) is 0 Å². The number of hydrogen-bond acceptors (Lipinski definition) is 4. The van der Waals surface area contributed by atoms with Crippen LogP contribution in [0.5, 0.6) is 0 Å². The number of nitrogens with zero attached hydrogens (tertiary/aromatic N) is 2. The van der Waals surface area contributed by atoms with Gasteiger partial charge in [-0.15, -0.1) is 23.1 Å². The summed E-state index contributed by atoms with van der Waals surface area (Å²) >= 11 is 3.39. The third-order valence-corrected chi connectivity index (χ3v) is 5.16. The number of anilines is 2. The lowest BCUT2D eigenvalue weighted by Crippen LogP contribution is -1.95. The minimum atomic E-state index is 0.980. The van der Waals surface area contributed by atoms with E-state index in [2.05, 4.69) is 63.9 Å². The zero-order valence-corrected chi connectivity index (χ0v) is 14.2. The van der Waals surface area contributed by atoms with Crippen LogP contribution in [0, 0.1) is 0 Å². The number of benzene rings is 2. The van der Waals surface area contributed by atoms with Crippen molar-refractivity contribution in [2.24, 2.45) is 0 Å². The average Bonchev–Trinajstić information content (AvgIpc) is 3.19. The molecule has 2 aromatic heterocycles. The van der Waals surface area contributed by atoms with Crippen LogP contribution in [-0.2, 0) is 0 Å². The van der Waals surface area contributed by atoms with Crippen molar-refractivity contribution in [3.8, 4) is 11.3 Å². The largest absolute Gasteiger partial charge is 0.339 e. The lowest BCUT2D eigenvalue weighted by Gasteiger charge is -2.08. The van der Waals surface area contributed by atoms with E-state index in [0.717, 1.165) is 27.7 Å². The fraction of sp³-hybridized carbons (Fsp3) is 0.0556. The zero-order valence-electron chi connectivity index (χ0n) is 12.6. The molecule has 0 amide bonds. The maximum atomic E-state index is 4.81. The molecule has 0 spiro atoms. The van der Waals surface area contributed by atoms with Gasteiger partial charge >= 0.3 is 0 Å². The number of fused-ring (bicyclic) bond motifs is 1. The highest BCUT2D eigenvalue weighted by molar-refractivity contribution is 7.98. The van der Waals surface area contributed by atoms with Crippen molar-refractivity contribution in [3.63, 3.8) is 0 Å². The molecule has 23 heavy (non-hydrogen) atoms. The van der Waals surface area contributed by atoms with Gasteiger partial charge in [-0.25, -0.2) is 4.98 Å². The molecule has 0 saturated heterocycles. The smallest absolute Gasteiger partial charge is 0.195 e. The van der Waals surface area contributed by atoms with Crippen LogP contribution in [0.1, 0.15) is 0 Å². The van der Waals surface area contributed by atoms with Gasteiger partial charge in [-0.3, -0.25) is 4.40 Å². The summed E-state index contributed by atoms with van der Waals surface area (Å²) in [6, 6.07) is 18.7. The second-order valence-corrected chi connectivity index (χ2v) is 6.84. The molecular weight excluding hydrogens is 322 g/mol. The second-order valence-electron chi connectivity index (χ2n) is 5.08. The molecule has 0 atom stereocenters. The standard InChI is InChI=1S/C18H15N3S2/c1-22-15-9-7-13(8-10-15)16-17(19-14-5-3-2-4-6-14)21-11-12-23-18(21)20-16/h2-12,19H,1H3. The third kappa shape index (κ3) is 2.73. The molecule has 0 aliphatic carbocycles. The number of thiazole rings is 1. The average molecular weight is 337 g/mol. The minimum absolute atomic E-state index is 0.980. The van der Waals surface area contributed by atoms with Crippen LogP contribution in [0.2, 0.25) is 0 Å². The van der Waals surface area contributed by atoms with Crippen molar-refractivity contribution in [2.75, 3.05) is 11.6 Å². The summed E-state index contributed by atoms with van der Waals surface area (Å²) in [5.41, 5.74) is 3.16. The van der Waals surface area contributed by atoms with Crippen molar-refractivity contribution in [1.82, 2.24) is 9.38 Å². The molecule has 0 bridgehead atoms. The van der Waals surface area contributed by atoms with Gasteiger partial charge in [0.05, 0.1) is 0 Å². The molecule has 0 unspecified atom stereocenters. The Morgan fingerprint density at radius 3 is 2.57 bits per heavy atom. The third-order valence-electron chi connectivity index (χ3n) is 3.66. The molecule has 0 aliphatic rings. The molecule has 0 fully saturated rings. The van der Waals surface area contributed by atoms with E-state index < -0.39 is 0 Å². The highest BCUT2D eigenvalue weighted by Gasteiger charge is 2.15. The Balaban J connectivity index is 1.82. The van der Waals surface area contributed by atoms with E-state index >= 15 is 0 Å². The second kappa shape index (κ2) is 6.10. The summed E-state index contributed by atoms with van der Waals surface area (Å²) in [5.74, 6) is 1.00. The first kappa shape index (κ1) is 14.4. The van der Waals surface area contributed by atoms with Crippen LogP contribution in [0.15, 0.2) is 71.1 Å². The monoisotopic (exact) mass is 337 g/mol. The van der Waals surface area contributed by atoms with Crippen molar-refractivity contribution in [1.29, 1.82) is 0 Å². The number of rotatable bonds is 4. The molecule has 4 rings (SSSR count). The summed E-state index contributed by atoms with van der Waals surface area (Å²) in [5, 5.41) is 5.57. The van der Waals surface area contributed by atoms with Crippen LogP contribution < -0.4 is 5.32 Å². The van der Waals surface area contributed by atoms with Gasteiger partial charge in [0.25, 0.3) is 0 Å². The van der Waals surface area contributed by atoms with Gasteiger partial charge in [-0.1, -0.05) is 30.3 Å². The summed E-state index contributed by atoms with van der Waals surface area (Å²) in [6.07, 6.45) is 4.14. The van der Waals surface area contributed by atoms with Crippen LogP contribution in [-0.4, -0.2) is 15.6 Å². The molecule has 5 heteroatoms. The molecule has 114 valence electrons. The lowest BCUT2D eigenvalue weighted by atomic mass is 10.1. The molecule has 3 nitrogen and oxygen atoms in total. The van der Waals surface area contributed by atoms with Crippen LogP contribution in [0.4, 0.5) is 11.5 Å². The predicted octanol–water partition coefficient (Wildman–Crippen LogP) is 5.53. The Morgan fingerprint density at radius 1 is 1.04 bits per heavy atom. The summed E-state index contributed by atoms with van der Waals surface area (Å²) in [6.45, 7) is 0. The molecule has 0 radical (unpaired) electrons. The fourth-order valence-corrected chi connectivity index (χ4v) is 3.64. The number of hydrogen-bond donors (Lipinski definition) is 1. The summed E-state index contributed by atoms with van der Waals surface area (Å²) in [7, 11) is 0. The maximum absolute atomic E-state index is 4.81. The van der Waals surface area contributed by atoms with Gasteiger partial charge < -0.3 is 5.32 Å². The van der Waals surface area contributed by atoms with Crippen LogP contribution >= 0.6 is 23.1 Å². The van der Waals surface area contributed by atoms with Crippen molar-refractivity contribution in [2.45, 2.75) is 4.90 Å². The Morgan fingerprint density at radius 2 is 1.83 bits per heavy atom. The SMILES string of the molecule is CSc1ccc(-c2nc3sccn3c2Nc2ccccc2)cc1. The van der Waals surface area contributed by atoms with Gasteiger partial charge in [0, 0.05) is 27.7 Å². The first-order valence-electron chi connectivity index (χ1n) is 7.27. The molecule has 1 N–H and O–H groups in total. The molecular formula is C18H15N3S2. The molecule has 2 heterocycles. The number of nitrogens with one attached hydrogen (secondary N) is 1. The minimum Gasteiger partial charge on any atom is -0.339 e. The molecule has 4 aromatic rings. The number of imidazole rings is 1. The Kier molecular flexibility index (Phi) is 3.81. The Labute approximate surface area is 143 Å². The zero-order chi connectivity index (χ0) is 15.6. The Hall–Kier alpha value is -2.24. The highest BCUT2D eigenvalue weighted by Crippen LogP contribution is 2.33. The first-order chi connectivity index (χ1) is 11.3. The van der Waals surface area contributed by atoms with E-state index in [0.29, 0.717) is 0 Å². The van der Waals surface area contributed by atoms with E-state index in [1.807, 2.05) is 18.2 Å². The van der Waals surface area contributed by atoms with Gasteiger partial charge in [0.1, 0.15) is 11.5 Å². The van der Waals surface area contributed by atoms with Gasteiger partial charge in [0.2, 0.25) is 0 Å². The quantitative estimate of drug-likeness (QED) is 0.497. The summed E-state index contributed by atoms with van der Waals surface area (Å²) in [4.78, 5) is 7.06. The van der Waals surface area contributed by atoms with Gasteiger partial charge in [-0.2, -0.15) is 0 Å². The van der Waals surface area contributed by atoms with Crippen LogP contribution in [0.25, 0.3) is 16.2 Å². The first-order valence-corrected chi connectivity index (χ1v) is 9.37. The maximum Gasteiger partial charge on any atom is 0.195 e. The highest BCUT2D eigenvalue weighted by atomic mass is 32.2. The lowest BCUT2D eigenvalue weighted by molar-refractivity contribution is 1.23. The van der Waals surface area contributed by atoms with Crippen molar-refractivity contribution >= 4 is 39.6 Å². The summed E-state index contributed by atoms with van der Waals surface area (Å²) < 4.78 is 2.11.